The SMILES string of the molecule is CCCCCCCCCCCCCCCCC(=O)OC[C@H](COP(=O)(O)OC[C@@H](O)COP(=O)(O)OC[C@@H](COC(=O)CCCCCCCCCCCC)OC(=O)CCCCCCCCC(C)CC)OC(=O)CCCCCCCCCCCCCC(C)C. The van der Waals surface area contributed by atoms with Gasteiger partial charge < -0.3 is 33.8 Å². The molecule has 19 heteroatoms. The number of rotatable bonds is 68. The highest BCUT2D eigenvalue weighted by Crippen LogP contribution is 2.45. The molecule has 0 bridgehead atoms. The van der Waals surface area contributed by atoms with Gasteiger partial charge in [-0.05, 0) is 37.5 Å². The third-order valence-corrected chi connectivity index (χ3v) is 18.2. The Morgan fingerprint density at radius 1 is 0.330 bits per heavy atom. The summed E-state index contributed by atoms with van der Waals surface area (Å²) < 4.78 is 68.2. The van der Waals surface area contributed by atoms with Crippen LogP contribution in [0.15, 0.2) is 0 Å². The first-order chi connectivity index (χ1) is 42.4. The standard InChI is InChI=1S/C69H134O17P2/c1-7-10-12-14-16-18-20-21-22-25-29-33-40-46-52-67(72)79-57-64(85-68(73)53-47-41-34-30-26-23-24-27-31-37-43-49-61(4)5)59-83-87(75,76)81-55-63(70)56-82-88(77,78)84-60-65(86-69(74)54-48-42-36-35-38-44-50-62(6)9-3)58-80-66(71)51-45-39-32-28-19-17-15-13-11-8-2/h61-65,70H,7-60H2,1-6H3,(H,75,76)(H,77,78)/t62?,63-,64-,65-/m1/s1. The van der Waals surface area contributed by atoms with E-state index in [4.69, 9.17) is 37.0 Å². The van der Waals surface area contributed by atoms with Crippen LogP contribution in [0.2, 0.25) is 0 Å². The summed E-state index contributed by atoms with van der Waals surface area (Å²) in [4.78, 5) is 72.5. The normalized spacial score (nSPS) is 14.5. The van der Waals surface area contributed by atoms with Crippen molar-refractivity contribution in [2.75, 3.05) is 39.6 Å². The summed E-state index contributed by atoms with van der Waals surface area (Å²) in [5.41, 5.74) is 0. The van der Waals surface area contributed by atoms with Gasteiger partial charge in [-0.1, -0.05) is 298 Å². The van der Waals surface area contributed by atoms with Crippen molar-refractivity contribution in [3.05, 3.63) is 0 Å². The lowest BCUT2D eigenvalue weighted by Gasteiger charge is -2.21. The summed E-state index contributed by atoms with van der Waals surface area (Å²) in [6.07, 6.45) is 45.7. The zero-order valence-corrected chi connectivity index (χ0v) is 58.8. The fraction of sp³-hybridized carbons (Fsp3) is 0.942. The number of phosphoric ester groups is 2. The van der Waals surface area contributed by atoms with Crippen LogP contribution < -0.4 is 0 Å². The Hall–Kier alpha value is -1.94. The van der Waals surface area contributed by atoms with Gasteiger partial charge in [-0.15, -0.1) is 0 Å². The Bertz CT molecular complexity index is 1720. The number of ether oxygens (including phenoxy) is 4. The van der Waals surface area contributed by atoms with Crippen molar-refractivity contribution in [2.24, 2.45) is 11.8 Å². The monoisotopic (exact) mass is 1300 g/mol. The van der Waals surface area contributed by atoms with Crippen molar-refractivity contribution in [3.63, 3.8) is 0 Å². The number of hydrogen-bond acceptors (Lipinski definition) is 15. The molecule has 88 heavy (non-hydrogen) atoms. The van der Waals surface area contributed by atoms with Crippen LogP contribution >= 0.6 is 15.6 Å². The third-order valence-electron chi connectivity index (χ3n) is 16.3. The number of carbonyl (C=O) groups excluding carboxylic acids is 4. The number of esters is 4. The molecule has 0 saturated carbocycles. The van der Waals surface area contributed by atoms with Crippen molar-refractivity contribution >= 4 is 39.5 Å². The molecule has 0 aromatic heterocycles. The van der Waals surface area contributed by atoms with Gasteiger partial charge in [0.1, 0.15) is 19.3 Å². The minimum atomic E-state index is -4.95. The van der Waals surface area contributed by atoms with Crippen molar-refractivity contribution in [1.29, 1.82) is 0 Å². The molecule has 0 aromatic rings. The Morgan fingerprint density at radius 2 is 0.580 bits per heavy atom. The van der Waals surface area contributed by atoms with Crippen LogP contribution in [0.4, 0.5) is 0 Å². The smallest absolute Gasteiger partial charge is 0.462 e. The van der Waals surface area contributed by atoms with Gasteiger partial charge in [0.25, 0.3) is 0 Å². The Balaban J connectivity index is 5.25. The summed E-state index contributed by atoms with van der Waals surface area (Å²) in [5, 5.41) is 10.6. The molecule has 0 heterocycles. The average molecular weight is 1300 g/mol. The van der Waals surface area contributed by atoms with E-state index in [1.807, 2.05) is 0 Å². The minimum absolute atomic E-state index is 0.103. The Kier molecular flexibility index (Phi) is 59.9. The first kappa shape index (κ1) is 86.1. The summed E-state index contributed by atoms with van der Waals surface area (Å²) >= 11 is 0. The number of aliphatic hydroxyl groups excluding tert-OH is 1. The molecule has 0 saturated heterocycles. The minimum Gasteiger partial charge on any atom is -0.462 e. The van der Waals surface area contributed by atoms with Crippen LogP contribution in [-0.4, -0.2) is 96.7 Å². The molecular formula is C69H134O17P2. The predicted molar refractivity (Wildman–Crippen MR) is 354 cm³/mol. The van der Waals surface area contributed by atoms with E-state index in [-0.39, 0.29) is 25.7 Å². The van der Waals surface area contributed by atoms with E-state index in [1.165, 1.54) is 167 Å². The number of unbranched alkanes of at least 4 members (excludes halogenated alkanes) is 37. The molecule has 0 aromatic carbocycles. The first-order valence-corrected chi connectivity index (χ1v) is 39.0. The fourth-order valence-electron chi connectivity index (χ4n) is 10.4. The van der Waals surface area contributed by atoms with Crippen LogP contribution in [-0.2, 0) is 65.4 Å². The van der Waals surface area contributed by atoms with Gasteiger partial charge in [0.15, 0.2) is 12.2 Å². The molecule has 0 spiro atoms. The Morgan fingerprint density at radius 3 is 0.864 bits per heavy atom. The molecule has 17 nitrogen and oxygen atoms in total. The molecule has 522 valence electrons. The van der Waals surface area contributed by atoms with Gasteiger partial charge in [0, 0.05) is 25.7 Å². The molecule has 0 aliphatic rings. The van der Waals surface area contributed by atoms with Crippen molar-refractivity contribution < 1.29 is 80.2 Å². The van der Waals surface area contributed by atoms with Crippen molar-refractivity contribution in [2.45, 2.75) is 368 Å². The lowest BCUT2D eigenvalue weighted by molar-refractivity contribution is -0.161. The van der Waals surface area contributed by atoms with Crippen LogP contribution in [0.1, 0.15) is 350 Å². The third kappa shape index (κ3) is 61.6. The molecule has 6 atom stereocenters. The zero-order chi connectivity index (χ0) is 65.0. The number of hydrogen-bond donors (Lipinski definition) is 3. The maximum absolute atomic E-state index is 13.0. The second-order valence-corrected chi connectivity index (χ2v) is 28.5. The van der Waals surface area contributed by atoms with Crippen LogP contribution in [0.5, 0.6) is 0 Å². The number of carbonyl (C=O) groups is 4. The maximum atomic E-state index is 13.0. The van der Waals surface area contributed by atoms with Gasteiger partial charge in [0.05, 0.1) is 26.4 Å². The van der Waals surface area contributed by atoms with Crippen molar-refractivity contribution in [3.8, 4) is 0 Å². The van der Waals surface area contributed by atoms with Crippen LogP contribution in [0, 0.1) is 11.8 Å². The molecule has 3 N–H and O–H groups in total. The van der Waals surface area contributed by atoms with Gasteiger partial charge in [-0.2, -0.15) is 0 Å². The van der Waals surface area contributed by atoms with E-state index in [9.17, 15) is 43.2 Å². The lowest BCUT2D eigenvalue weighted by atomic mass is 10.00. The topological polar surface area (TPSA) is 237 Å². The average Bonchev–Trinajstić information content (AvgIpc) is 3.52. The first-order valence-electron chi connectivity index (χ1n) is 36.0. The van der Waals surface area contributed by atoms with Gasteiger partial charge in [0.2, 0.25) is 0 Å². The molecule has 0 aliphatic carbocycles. The predicted octanol–water partition coefficient (Wildman–Crippen LogP) is 19.6. The molecule has 0 aliphatic heterocycles. The van der Waals surface area contributed by atoms with Gasteiger partial charge in [-0.3, -0.25) is 37.3 Å². The molecule has 0 fully saturated rings. The van der Waals surface area contributed by atoms with E-state index in [1.54, 1.807) is 0 Å². The quantitative estimate of drug-likeness (QED) is 0.0222. The summed E-state index contributed by atoms with van der Waals surface area (Å²) in [7, 11) is -9.90. The van der Waals surface area contributed by atoms with Gasteiger partial charge in [-0.25, -0.2) is 9.13 Å². The van der Waals surface area contributed by atoms with E-state index >= 15 is 0 Å². The summed E-state index contributed by atoms with van der Waals surface area (Å²) in [6.45, 7) is 9.49. The second kappa shape index (κ2) is 61.3. The molecule has 0 amide bonds. The molecule has 0 rings (SSSR count). The van der Waals surface area contributed by atoms with E-state index < -0.39 is 97.5 Å². The van der Waals surface area contributed by atoms with Crippen LogP contribution in [0.25, 0.3) is 0 Å². The fourth-order valence-corrected chi connectivity index (χ4v) is 12.0. The van der Waals surface area contributed by atoms with Crippen LogP contribution in [0.3, 0.4) is 0 Å². The zero-order valence-electron chi connectivity index (χ0n) is 57.0. The second-order valence-electron chi connectivity index (χ2n) is 25.6. The number of phosphoric acid groups is 2. The van der Waals surface area contributed by atoms with Crippen molar-refractivity contribution in [1.82, 2.24) is 0 Å². The van der Waals surface area contributed by atoms with E-state index in [0.29, 0.717) is 25.7 Å². The lowest BCUT2D eigenvalue weighted by Crippen LogP contribution is -2.30. The number of aliphatic hydroxyl groups is 1. The molecule has 3 unspecified atom stereocenters. The largest absolute Gasteiger partial charge is 0.472 e. The highest BCUT2D eigenvalue weighted by atomic mass is 31.2. The summed E-state index contributed by atoms with van der Waals surface area (Å²) in [6, 6.07) is 0. The molecule has 0 radical (unpaired) electrons. The van der Waals surface area contributed by atoms with E-state index in [0.717, 1.165) is 102 Å². The highest BCUT2D eigenvalue weighted by Gasteiger charge is 2.30. The highest BCUT2D eigenvalue weighted by molar-refractivity contribution is 7.47. The molecular weight excluding hydrogens is 1160 g/mol. The maximum Gasteiger partial charge on any atom is 0.472 e. The Labute approximate surface area is 537 Å². The summed E-state index contributed by atoms with van der Waals surface area (Å²) in [5.74, 6) is -0.642. The van der Waals surface area contributed by atoms with E-state index in [2.05, 4.69) is 41.5 Å². The van der Waals surface area contributed by atoms with Gasteiger partial charge >= 0.3 is 39.5 Å².